The zero-order chi connectivity index (χ0) is 15.0. The molecule has 112 valence electrons. The van der Waals surface area contributed by atoms with Gasteiger partial charge in [0, 0.05) is 22.8 Å². The lowest BCUT2D eigenvalue weighted by Crippen LogP contribution is -2.36. The van der Waals surface area contributed by atoms with Crippen LogP contribution in [0.15, 0.2) is 24.3 Å². The second kappa shape index (κ2) is 5.60. The Morgan fingerprint density at radius 2 is 1.95 bits per heavy atom. The molecule has 0 amide bonds. The van der Waals surface area contributed by atoms with Gasteiger partial charge in [-0.25, -0.2) is 9.37 Å². The lowest BCUT2D eigenvalue weighted by Gasteiger charge is -2.33. The topological polar surface area (TPSA) is 34.1 Å². The van der Waals surface area contributed by atoms with E-state index in [1.54, 1.807) is 6.07 Å². The number of ether oxygens (including phenoxy) is 1. The van der Waals surface area contributed by atoms with E-state index in [0.29, 0.717) is 11.6 Å². The minimum absolute atomic E-state index is 0.247. The largest absolute Gasteiger partial charge is 0.382 e. The summed E-state index contributed by atoms with van der Waals surface area (Å²) in [5, 5.41) is 4.41. The SMILES string of the molecule is Cc1cc(NC2CC(C)OC(C)C2)c2cccc(F)c2n1. The fourth-order valence-corrected chi connectivity index (χ4v) is 3.20. The van der Waals surface area contributed by atoms with Crippen molar-refractivity contribution in [3.8, 4) is 0 Å². The predicted octanol–water partition coefficient (Wildman–Crippen LogP) is 4.05. The van der Waals surface area contributed by atoms with E-state index in [0.717, 1.165) is 29.6 Å². The Labute approximate surface area is 124 Å². The molecular formula is C17H21FN2O. The van der Waals surface area contributed by atoms with Crippen LogP contribution in [-0.2, 0) is 4.74 Å². The van der Waals surface area contributed by atoms with Crippen molar-refractivity contribution in [2.75, 3.05) is 5.32 Å². The van der Waals surface area contributed by atoms with Crippen LogP contribution in [0.25, 0.3) is 10.9 Å². The average Bonchev–Trinajstić information content (AvgIpc) is 2.39. The summed E-state index contributed by atoms with van der Waals surface area (Å²) in [5.41, 5.74) is 2.22. The zero-order valence-corrected chi connectivity index (χ0v) is 12.7. The number of fused-ring (bicyclic) bond motifs is 1. The van der Waals surface area contributed by atoms with Crippen molar-refractivity contribution in [1.82, 2.24) is 4.98 Å². The van der Waals surface area contributed by atoms with Crippen LogP contribution in [0, 0.1) is 12.7 Å². The lowest BCUT2D eigenvalue weighted by molar-refractivity contribution is -0.0337. The number of pyridine rings is 1. The summed E-state index contributed by atoms with van der Waals surface area (Å²) in [6, 6.07) is 7.44. The normalized spacial score (nSPS) is 26.0. The summed E-state index contributed by atoms with van der Waals surface area (Å²) in [5.74, 6) is -0.270. The number of hydrogen-bond donors (Lipinski definition) is 1. The monoisotopic (exact) mass is 288 g/mol. The van der Waals surface area contributed by atoms with Gasteiger partial charge in [-0.1, -0.05) is 12.1 Å². The minimum atomic E-state index is -0.270. The summed E-state index contributed by atoms with van der Waals surface area (Å²) in [6.45, 7) is 6.09. The molecule has 0 aliphatic carbocycles. The smallest absolute Gasteiger partial charge is 0.149 e. The Balaban J connectivity index is 1.95. The van der Waals surface area contributed by atoms with E-state index < -0.39 is 0 Å². The molecule has 2 atom stereocenters. The summed E-state index contributed by atoms with van der Waals surface area (Å²) in [7, 11) is 0. The van der Waals surface area contributed by atoms with E-state index in [2.05, 4.69) is 24.1 Å². The van der Waals surface area contributed by atoms with E-state index in [1.165, 1.54) is 6.07 Å². The molecule has 1 N–H and O–H groups in total. The van der Waals surface area contributed by atoms with Gasteiger partial charge in [0.1, 0.15) is 11.3 Å². The van der Waals surface area contributed by atoms with Gasteiger partial charge in [-0.15, -0.1) is 0 Å². The third-order valence-electron chi connectivity index (χ3n) is 3.98. The van der Waals surface area contributed by atoms with Gasteiger partial charge >= 0.3 is 0 Å². The summed E-state index contributed by atoms with van der Waals surface area (Å²) < 4.78 is 19.7. The van der Waals surface area contributed by atoms with E-state index in [1.807, 2.05) is 19.1 Å². The third kappa shape index (κ3) is 3.00. The Bertz CT molecular complexity index is 649. The van der Waals surface area contributed by atoms with Gasteiger partial charge in [-0.05, 0) is 45.7 Å². The van der Waals surface area contributed by atoms with Crippen LogP contribution in [0.4, 0.5) is 10.1 Å². The van der Waals surface area contributed by atoms with Crippen molar-refractivity contribution >= 4 is 16.6 Å². The first-order chi connectivity index (χ1) is 10.0. The second-order valence-corrected chi connectivity index (χ2v) is 6.02. The molecule has 4 heteroatoms. The van der Waals surface area contributed by atoms with Crippen molar-refractivity contribution in [2.24, 2.45) is 0 Å². The highest BCUT2D eigenvalue weighted by Gasteiger charge is 2.24. The molecule has 2 heterocycles. The van der Waals surface area contributed by atoms with Gasteiger partial charge in [0.05, 0.1) is 12.2 Å². The first-order valence-electron chi connectivity index (χ1n) is 7.51. The van der Waals surface area contributed by atoms with E-state index >= 15 is 0 Å². The third-order valence-corrected chi connectivity index (χ3v) is 3.98. The molecule has 0 saturated carbocycles. The van der Waals surface area contributed by atoms with Crippen LogP contribution in [-0.4, -0.2) is 23.2 Å². The molecule has 1 aromatic carbocycles. The number of aryl methyl sites for hydroxylation is 1. The molecule has 2 aromatic rings. The molecule has 1 aromatic heterocycles. The molecule has 1 fully saturated rings. The highest BCUT2D eigenvalue weighted by Crippen LogP contribution is 2.28. The lowest BCUT2D eigenvalue weighted by atomic mass is 9.99. The van der Waals surface area contributed by atoms with E-state index in [-0.39, 0.29) is 18.0 Å². The summed E-state index contributed by atoms with van der Waals surface area (Å²) in [4.78, 5) is 4.32. The van der Waals surface area contributed by atoms with Crippen LogP contribution in [0.3, 0.4) is 0 Å². The Morgan fingerprint density at radius 1 is 1.24 bits per heavy atom. The van der Waals surface area contributed by atoms with Gasteiger partial charge in [0.2, 0.25) is 0 Å². The molecule has 1 saturated heterocycles. The van der Waals surface area contributed by atoms with Crippen molar-refractivity contribution in [3.05, 3.63) is 35.8 Å². The molecule has 1 aliphatic heterocycles. The number of aromatic nitrogens is 1. The van der Waals surface area contributed by atoms with Crippen molar-refractivity contribution < 1.29 is 9.13 Å². The number of anilines is 1. The molecule has 1 aliphatic rings. The van der Waals surface area contributed by atoms with E-state index in [9.17, 15) is 4.39 Å². The Kier molecular flexibility index (Phi) is 3.81. The number of hydrogen-bond acceptors (Lipinski definition) is 3. The van der Waals surface area contributed by atoms with Crippen molar-refractivity contribution in [1.29, 1.82) is 0 Å². The first-order valence-corrected chi connectivity index (χ1v) is 7.51. The molecule has 21 heavy (non-hydrogen) atoms. The van der Waals surface area contributed by atoms with Crippen molar-refractivity contribution in [3.63, 3.8) is 0 Å². The summed E-state index contributed by atoms with van der Waals surface area (Å²) in [6.07, 6.45) is 2.42. The number of para-hydroxylation sites is 1. The minimum Gasteiger partial charge on any atom is -0.382 e. The molecule has 0 spiro atoms. The van der Waals surface area contributed by atoms with Crippen LogP contribution in [0.5, 0.6) is 0 Å². The molecule has 3 nitrogen and oxygen atoms in total. The van der Waals surface area contributed by atoms with Gasteiger partial charge in [-0.2, -0.15) is 0 Å². The van der Waals surface area contributed by atoms with Gasteiger partial charge < -0.3 is 10.1 Å². The first kappa shape index (κ1) is 14.3. The zero-order valence-electron chi connectivity index (χ0n) is 12.7. The van der Waals surface area contributed by atoms with Crippen LogP contribution in [0.2, 0.25) is 0 Å². The highest BCUT2D eigenvalue weighted by atomic mass is 19.1. The van der Waals surface area contributed by atoms with Gasteiger partial charge in [0.25, 0.3) is 0 Å². The van der Waals surface area contributed by atoms with E-state index in [4.69, 9.17) is 4.74 Å². The maximum absolute atomic E-state index is 13.9. The number of nitrogens with zero attached hydrogens (tertiary/aromatic N) is 1. The number of halogens is 1. The van der Waals surface area contributed by atoms with Crippen LogP contribution < -0.4 is 5.32 Å². The van der Waals surface area contributed by atoms with Gasteiger partial charge in [0.15, 0.2) is 0 Å². The molecule has 3 rings (SSSR count). The average molecular weight is 288 g/mol. The molecule has 2 unspecified atom stereocenters. The van der Waals surface area contributed by atoms with Crippen molar-refractivity contribution in [2.45, 2.75) is 51.9 Å². The van der Waals surface area contributed by atoms with Crippen LogP contribution in [0.1, 0.15) is 32.4 Å². The van der Waals surface area contributed by atoms with Gasteiger partial charge in [-0.3, -0.25) is 0 Å². The fourth-order valence-electron chi connectivity index (χ4n) is 3.20. The number of rotatable bonds is 2. The number of nitrogens with one attached hydrogen (secondary N) is 1. The Morgan fingerprint density at radius 3 is 2.67 bits per heavy atom. The quantitative estimate of drug-likeness (QED) is 0.905. The fraction of sp³-hybridized carbons (Fsp3) is 0.471. The maximum Gasteiger partial charge on any atom is 0.149 e. The highest BCUT2D eigenvalue weighted by molar-refractivity contribution is 5.91. The van der Waals surface area contributed by atoms with Crippen LogP contribution >= 0.6 is 0 Å². The number of benzene rings is 1. The molecular weight excluding hydrogens is 267 g/mol. The summed E-state index contributed by atoms with van der Waals surface area (Å²) >= 11 is 0. The molecule has 0 bridgehead atoms. The second-order valence-electron chi connectivity index (χ2n) is 6.02. The molecule has 0 radical (unpaired) electrons. The standard InChI is InChI=1S/C17H21FN2O/c1-10-7-16(14-5-4-6-15(18)17(14)19-10)20-13-8-11(2)21-12(3)9-13/h4-7,11-13H,8-9H2,1-3H3,(H,19,20). The maximum atomic E-state index is 13.9. The predicted molar refractivity (Wildman–Crippen MR) is 83.1 cm³/mol. The Hall–Kier alpha value is -1.68.